The first kappa shape index (κ1) is 36.8. The average molecular weight is 828 g/mol. The molecule has 0 bridgehead atoms. The Morgan fingerprint density at radius 3 is 1.31 bits per heavy atom. The van der Waals surface area contributed by atoms with Gasteiger partial charge in [0.25, 0.3) is 0 Å². The predicted octanol–water partition coefficient (Wildman–Crippen LogP) is 15.8. The van der Waals surface area contributed by atoms with E-state index in [9.17, 15) is 0 Å². The summed E-state index contributed by atoms with van der Waals surface area (Å²) in [5.41, 5.74) is 11.5. The Balaban J connectivity index is 0.882. The van der Waals surface area contributed by atoms with E-state index in [0.717, 1.165) is 82.9 Å². The first-order valence-corrected chi connectivity index (χ1v) is 21.9. The molecule has 0 radical (unpaired) electrons. The van der Waals surface area contributed by atoms with E-state index >= 15 is 0 Å². The largest absolute Gasteiger partial charge is 0.310 e. The minimum Gasteiger partial charge on any atom is -0.310 e. The molecular weight excluding hydrogens is 791 g/mol. The third-order valence-corrected chi connectivity index (χ3v) is 13.0. The van der Waals surface area contributed by atoms with Crippen LogP contribution in [0.3, 0.4) is 0 Å². The van der Waals surface area contributed by atoms with Crippen molar-refractivity contribution in [2.24, 2.45) is 0 Å². The van der Waals surface area contributed by atoms with E-state index in [-0.39, 0.29) is 0 Å². The van der Waals surface area contributed by atoms with Crippen LogP contribution in [0.4, 0.5) is 17.1 Å². The van der Waals surface area contributed by atoms with Crippen molar-refractivity contribution in [2.45, 2.75) is 0 Å². The first-order valence-electron chi connectivity index (χ1n) is 21.9. The molecule has 9 aromatic carbocycles. The van der Waals surface area contributed by atoms with Crippen molar-refractivity contribution < 1.29 is 0 Å². The van der Waals surface area contributed by atoms with Gasteiger partial charge >= 0.3 is 0 Å². The van der Waals surface area contributed by atoms with Crippen molar-refractivity contribution in [3.05, 3.63) is 225 Å². The molecule has 65 heavy (non-hydrogen) atoms. The Hall–Kier alpha value is -8.80. The number of rotatable bonds is 6. The molecule has 5 heteroatoms. The van der Waals surface area contributed by atoms with Gasteiger partial charge < -0.3 is 4.90 Å². The van der Waals surface area contributed by atoms with Crippen LogP contribution in [0, 0.1) is 0 Å². The lowest BCUT2D eigenvalue weighted by molar-refractivity contribution is 1.28. The zero-order chi connectivity index (χ0) is 42.8. The zero-order valence-electron chi connectivity index (χ0n) is 35.1. The molecule has 0 saturated heterocycles. The normalized spacial score (nSPS) is 11.7. The van der Waals surface area contributed by atoms with Crippen LogP contribution in [0.25, 0.3) is 109 Å². The Labute approximate surface area is 374 Å². The van der Waals surface area contributed by atoms with Crippen molar-refractivity contribution in [3.8, 4) is 33.6 Å². The van der Waals surface area contributed by atoms with Crippen molar-refractivity contribution in [2.75, 3.05) is 4.90 Å². The molecule has 302 valence electrons. The van der Waals surface area contributed by atoms with Crippen LogP contribution >= 0.6 is 0 Å². The Kier molecular flexibility index (Phi) is 8.46. The molecule has 4 aromatic heterocycles. The second-order valence-electron chi connectivity index (χ2n) is 16.8. The van der Waals surface area contributed by atoms with Crippen LogP contribution in [-0.2, 0) is 0 Å². The number of fused-ring (bicyclic) bond motifs is 10. The minimum absolute atomic E-state index is 0.927. The third kappa shape index (κ3) is 6.40. The lowest BCUT2D eigenvalue weighted by Crippen LogP contribution is -2.10. The van der Waals surface area contributed by atoms with Gasteiger partial charge in [-0.25, -0.2) is 0 Å². The maximum atomic E-state index is 4.93. The first-order chi connectivity index (χ1) is 32.2. The molecule has 5 nitrogen and oxygen atoms in total. The SMILES string of the molecule is c1ccc2cc(-c3ccc4c(ccc5cc(N(c6ccc(-c7cc8ccc9ncccc9c8cn7)cc6)c6ccc(-c7cc8ccc9ncccc9c8cn7)cc6)ccc54)c3)ccc2c1. The molecule has 0 unspecified atom stereocenters. The molecular formula is C60H37N5. The van der Waals surface area contributed by atoms with Gasteiger partial charge in [-0.3, -0.25) is 19.9 Å². The number of nitrogens with zero attached hydrogens (tertiary/aromatic N) is 5. The number of anilines is 3. The van der Waals surface area contributed by atoms with E-state index in [1.165, 1.54) is 43.4 Å². The quantitative estimate of drug-likeness (QED) is 0.156. The van der Waals surface area contributed by atoms with Crippen LogP contribution < -0.4 is 4.90 Å². The van der Waals surface area contributed by atoms with Gasteiger partial charge in [-0.15, -0.1) is 0 Å². The molecule has 13 rings (SSSR count). The van der Waals surface area contributed by atoms with E-state index in [2.05, 4.69) is 203 Å². The van der Waals surface area contributed by atoms with Gasteiger partial charge in [-0.2, -0.15) is 0 Å². The highest BCUT2D eigenvalue weighted by Crippen LogP contribution is 2.40. The third-order valence-electron chi connectivity index (χ3n) is 13.0. The van der Waals surface area contributed by atoms with Gasteiger partial charge in [-0.05, 0) is 139 Å². The molecule has 0 saturated carbocycles. The number of hydrogen-bond acceptors (Lipinski definition) is 5. The maximum Gasteiger partial charge on any atom is 0.0708 e. The molecule has 0 aliphatic rings. The van der Waals surface area contributed by atoms with Crippen molar-refractivity contribution in [1.82, 2.24) is 19.9 Å². The average Bonchev–Trinajstić information content (AvgIpc) is 3.38. The Morgan fingerprint density at radius 2 is 0.708 bits per heavy atom. The molecule has 0 atom stereocenters. The summed E-state index contributed by atoms with van der Waals surface area (Å²) >= 11 is 0. The molecule has 0 fully saturated rings. The van der Waals surface area contributed by atoms with Crippen LogP contribution in [-0.4, -0.2) is 19.9 Å². The fourth-order valence-corrected chi connectivity index (χ4v) is 9.63. The van der Waals surface area contributed by atoms with Gasteiger partial charge in [0, 0.05) is 74.5 Å². The molecule has 0 aliphatic heterocycles. The van der Waals surface area contributed by atoms with Crippen molar-refractivity contribution >= 4 is 92.7 Å². The highest BCUT2D eigenvalue weighted by atomic mass is 15.1. The molecule has 4 heterocycles. The number of aromatic nitrogens is 4. The summed E-state index contributed by atoms with van der Waals surface area (Å²) in [5.74, 6) is 0. The highest BCUT2D eigenvalue weighted by molar-refractivity contribution is 6.10. The fourth-order valence-electron chi connectivity index (χ4n) is 9.63. The highest BCUT2D eigenvalue weighted by Gasteiger charge is 2.16. The van der Waals surface area contributed by atoms with Gasteiger partial charge in [-0.1, -0.05) is 115 Å². The maximum absolute atomic E-state index is 4.93. The van der Waals surface area contributed by atoms with Crippen LogP contribution in [0.1, 0.15) is 0 Å². The minimum atomic E-state index is 0.927. The Morgan fingerprint density at radius 1 is 0.262 bits per heavy atom. The standard InChI is InChI=1S/C60H37N5/c1-2-6-41-31-42(10-9-38(41)5-1)43-17-25-51-44(32-43)11-12-45-33-50(24-26-52(45)51)65(48-20-13-39(14-21-48)59-34-46-18-27-57-53(7-3-29-61-57)55(46)36-63-59)49-22-15-40(16-23-49)60-35-47-19-28-58-54(8-4-30-62-58)56(47)37-64-60/h1-37H. The number of benzene rings is 9. The van der Waals surface area contributed by atoms with Crippen LogP contribution in [0.15, 0.2) is 225 Å². The van der Waals surface area contributed by atoms with Crippen molar-refractivity contribution in [1.29, 1.82) is 0 Å². The second kappa shape index (κ2) is 14.9. The second-order valence-corrected chi connectivity index (χ2v) is 16.8. The van der Waals surface area contributed by atoms with E-state index < -0.39 is 0 Å². The summed E-state index contributed by atoms with van der Waals surface area (Å²) in [5, 5.41) is 14.1. The summed E-state index contributed by atoms with van der Waals surface area (Å²) in [6.45, 7) is 0. The molecule has 0 N–H and O–H groups in total. The number of pyridine rings is 4. The molecule has 0 spiro atoms. The monoisotopic (exact) mass is 827 g/mol. The van der Waals surface area contributed by atoms with E-state index in [1.54, 1.807) is 0 Å². The van der Waals surface area contributed by atoms with Crippen LogP contribution in [0.5, 0.6) is 0 Å². The Bertz CT molecular complexity index is 3850. The van der Waals surface area contributed by atoms with Gasteiger partial charge in [0.2, 0.25) is 0 Å². The summed E-state index contributed by atoms with van der Waals surface area (Å²) in [7, 11) is 0. The van der Waals surface area contributed by atoms with Crippen LogP contribution in [0.2, 0.25) is 0 Å². The van der Waals surface area contributed by atoms with Gasteiger partial charge in [0.15, 0.2) is 0 Å². The van der Waals surface area contributed by atoms with Gasteiger partial charge in [0.1, 0.15) is 0 Å². The smallest absolute Gasteiger partial charge is 0.0708 e. The van der Waals surface area contributed by atoms with E-state index in [1.807, 2.05) is 36.9 Å². The van der Waals surface area contributed by atoms with E-state index in [0.29, 0.717) is 0 Å². The fraction of sp³-hybridized carbons (Fsp3) is 0. The molecule has 13 aromatic rings. The van der Waals surface area contributed by atoms with Gasteiger partial charge in [0.05, 0.1) is 22.4 Å². The predicted molar refractivity (Wildman–Crippen MR) is 271 cm³/mol. The number of hydrogen-bond donors (Lipinski definition) is 0. The summed E-state index contributed by atoms with van der Waals surface area (Å²) in [4.78, 5) is 21.3. The summed E-state index contributed by atoms with van der Waals surface area (Å²) < 4.78 is 0. The zero-order valence-corrected chi connectivity index (χ0v) is 35.1. The summed E-state index contributed by atoms with van der Waals surface area (Å²) in [6, 6.07) is 71.9. The van der Waals surface area contributed by atoms with Crippen molar-refractivity contribution in [3.63, 3.8) is 0 Å². The topological polar surface area (TPSA) is 54.8 Å². The summed E-state index contributed by atoms with van der Waals surface area (Å²) in [6.07, 6.45) is 7.62. The molecule has 0 amide bonds. The lowest BCUT2D eigenvalue weighted by Gasteiger charge is -2.26. The van der Waals surface area contributed by atoms with E-state index in [4.69, 9.17) is 9.97 Å². The lowest BCUT2D eigenvalue weighted by atomic mass is 9.96. The molecule has 0 aliphatic carbocycles.